The van der Waals surface area contributed by atoms with Crippen LogP contribution in [0.3, 0.4) is 0 Å². The summed E-state index contributed by atoms with van der Waals surface area (Å²) in [5.41, 5.74) is 6.63. The van der Waals surface area contributed by atoms with Gasteiger partial charge in [0.2, 0.25) is 5.91 Å². The van der Waals surface area contributed by atoms with E-state index < -0.39 is 5.91 Å². The molecule has 0 atom stereocenters. The summed E-state index contributed by atoms with van der Waals surface area (Å²) >= 11 is 5.84. The number of carbonyl (C=O) groups excluding carboxylic acids is 2. The molecule has 0 aliphatic rings. The van der Waals surface area contributed by atoms with Crippen molar-refractivity contribution in [3.8, 4) is 0 Å². The molecule has 4 nitrogen and oxygen atoms in total. The summed E-state index contributed by atoms with van der Waals surface area (Å²) in [5.74, 6) is -0.780. The molecule has 2 N–H and O–H groups in total. The van der Waals surface area contributed by atoms with Gasteiger partial charge < -0.3 is 10.6 Å². The molecule has 3 aromatic rings. The van der Waals surface area contributed by atoms with Gasteiger partial charge in [0, 0.05) is 17.1 Å². The first-order valence-electron chi connectivity index (χ1n) is 8.43. The van der Waals surface area contributed by atoms with Gasteiger partial charge in [-0.1, -0.05) is 78.3 Å². The van der Waals surface area contributed by atoms with Crippen LogP contribution >= 0.6 is 11.6 Å². The fraction of sp³-hybridized carbons (Fsp3) is 0.0909. The van der Waals surface area contributed by atoms with E-state index in [2.05, 4.69) is 0 Å². The van der Waals surface area contributed by atoms with E-state index in [1.807, 2.05) is 54.6 Å². The Hall–Kier alpha value is -3.11. The van der Waals surface area contributed by atoms with Crippen LogP contribution in [-0.2, 0) is 11.3 Å². The molecule has 0 aromatic heterocycles. The fourth-order valence-electron chi connectivity index (χ4n) is 2.35. The summed E-state index contributed by atoms with van der Waals surface area (Å²) in [6.45, 7) is 0.171. The highest BCUT2D eigenvalue weighted by Gasteiger charge is 2.17. The molecule has 27 heavy (non-hydrogen) atoms. The predicted molar refractivity (Wildman–Crippen MR) is 108 cm³/mol. The molecule has 0 spiro atoms. The van der Waals surface area contributed by atoms with Gasteiger partial charge in [0.25, 0.3) is 5.91 Å². The Morgan fingerprint density at radius 2 is 1.26 bits per heavy atom. The number of nitrogens with zero attached hydrogens (tertiary/aromatic N) is 1. The summed E-state index contributed by atoms with van der Waals surface area (Å²) in [7, 11) is 0. The SMILES string of the molecule is NC(=O)CN(Cc1ccc(Cl)cc1)C(=O)c1ccccc1.c1ccccc1. The normalized spacial score (nSPS) is 9.67. The topological polar surface area (TPSA) is 63.4 Å². The van der Waals surface area contributed by atoms with E-state index in [1.165, 1.54) is 4.90 Å². The molecule has 0 fully saturated rings. The first-order valence-corrected chi connectivity index (χ1v) is 8.81. The largest absolute Gasteiger partial charge is 0.368 e. The highest BCUT2D eigenvalue weighted by molar-refractivity contribution is 6.30. The Morgan fingerprint density at radius 3 is 1.74 bits per heavy atom. The van der Waals surface area contributed by atoms with Crippen LogP contribution < -0.4 is 5.73 Å². The molecule has 0 unspecified atom stereocenters. The second-order valence-corrected chi connectivity index (χ2v) is 6.21. The van der Waals surface area contributed by atoms with Gasteiger partial charge in [-0.2, -0.15) is 0 Å². The van der Waals surface area contributed by atoms with Crippen molar-refractivity contribution in [2.24, 2.45) is 5.73 Å². The third kappa shape index (κ3) is 7.34. The summed E-state index contributed by atoms with van der Waals surface area (Å²) in [5, 5.41) is 0.620. The number of carbonyl (C=O) groups is 2. The minimum atomic E-state index is -0.548. The number of rotatable bonds is 5. The third-order valence-electron chi connectivity index (χ3n) is 3.61. The number of halogens is 1. The molecule has 3 aromatic carbocycles. The predicted octanol–water partition coefficient (Wildman–Crippen LogP) is 4.15. The second kappa shape index (κ2) is 10.8. The zero-order valence-electron chi connectivity index (χ0n) is 14.8. The maximum absolute atomic E-state index is 12.4. The Balaban J connectivity index is 0.000000369. The van der Waals surface area contributed by atoms with Crippen LogP contribution in [-0.4, -0.2) is 23.3 Å². The van der Waals surface area contributed by atoms with Crippen molar-refractivity contribution in [2.45, 2.75) is 6.54 Å². The van der Waals surface area contributed by atoms with Crippen molar-refractivity contribution in [1.29, 1.82) is 0 Å². The third-order valence-corrected chi connectivity index (χ3v) is 3.86. The van der Waals surface area contributed by atoms with E-state index >= 15 is 0 Å². The van der Waals surface area contributed by atoms with Crippen LogP contribution in [0.2, 0.25) is 5.02 Å². The van der Waals surface area contributed by atoms with Gasteiger partial charge in [0.1, 0.15) is 0 Å². The molecule has 0 bridgehead atoms. The zero-order chi connectivity index (χ0) is 19.5. The van der Waals surface area contributed by atoms with E-state index in [-0.39, 0.29) is 12.5 Å². The smallest absolute Gasteiger partial charge is 0.254 e. The molecule has 0 saturated heterocycles. The van der Waals surface area contributed by atoms with Crippen molar-refractivity contribution in [3.63, 3.8) is 0 Å². The maximum Gasteiger partial charge on any atom is 0.254 e. The second-order valence-electron chi connectivity index (χ2n) is 5.77. The Labute approximate surface area is 164 Å². The van der Waals surface area contributed by atoms with Crippen LogP contribution in [0.4, 0.5) is 0 Å². The van der Waals surface area contributed by atoms with Crippen molar-refractivity contribution >= 4 is 23.4 Å². The van der Waals surface area contributed by atoms with Crippen LogP contribution in [0.25, 0.3) is 0 Å². The van der Waals surface area contributed by atoms with Gasteiger partial charge in [-0.15, -0.1) is 0 Å². The van der Waals surface area contributed by atoms with Gasteiger partial charge in [0.05, 0.1) is 6.54 Å². The van der Waals surface area contributed by atoms with E-state index in [4.69, 9.17) is 17.3 Å². The Morgan fingerprint density at radius 1 is 0.778 bits per heavy atom. The summed E-state index contributed by atoms with van der Waals surface area (Å²) in [6.07, 6.45) is 0. The van der Waals surface area contributed by atoms with Gasteiger partial charge >= 0.3 is 0 Å². The lowest BCUT2D eigenvalue weighted by molar-refractivity contribution is -0.118. The van der Waals surface area contributed by atoms with Gasteiger partial charge in [-0.3, -0.25) is 9.59 Å². The fourth-order valence-corrected chi connectivity index (χ4v) is 2.47. The van der Waals surface area contributed by atoms with E-state index in [1.54, 1.807) is 36.4 Å². The number of nitrogens with two attached hydrogens (primary N) is 1. The monoisotopic (exact) mass is 380 g/mol. The lowest BCUT2D eigenvalue weighted by atomic mass is 10.1. The first-order chi connectivity index (χ1) is 13.1. The molecule has 3 rings (SSSR count). The molecule has 5 heteroatoms. The standard InChI is InChI=1S/C16H15ClN2O2.C6H6/c17-14-8-6-12(7-9-14)10-19(11-15(18)20)16(21)13-4-2-1-3-5-13;1-2-4-6-5-3-1/h1-9H,10-11H2,(H2,18,20);1-6H. The van der Waals surface area contributed by atoms with Crippen LogP contribution in [0.15, 0.2) is 91.0 Å². The van der Waals surface area contributed by atoms with Crippen molar-refractivity contribution < 1.29 is 9.59 Å². The number of benzene rings is 3. The Bertz CT molecular complexity index is 810. The highest BCUT2D eigenvalue weighted by Crippen LogP contribution is 2.13. The average Bonchev–Trinajstić information content (AvgIpc) is 2.71. The van der Waals surface area contributed by atoms with Gasteiger partial charge in [0.15, 0.2) is 0 Å². The minimum absolute atomic E-state index is 0.129. The lowest BCUT2D eigenvalue weighted by Crippen LogP contribution is -2.38. The van der Waals surface area contributed by atoms with Gasteiger partial charge in [-0.05, 0) is 29.8 Å². The molecule has 0 aliphatic heterocycles. The molecule has 0 aliphatic carbocycles. The number of hydrogen-bond acceptors (Lipinski definition) is 2. The maximum atomic E-state index is 12.4. The number of hydrogen-bond donors (Lipinski definition) is 1. The first kappa shape index (κ1) is 20.2. The Kier molecular flexibility index (Phi) is 8.07. The molecule has 138 valence electrons. The van der Waals surface area contributed by atoms with Crippen molar-refractivity contribution in [1.82, 2.24) is 4.90 Å². The van der Waals surface area contributed by atoms with Crippen LogP contribution in [0, 0.1) is 0 Å². The minimum Gasteiger partial charge on any atom is -0.368 e. The van der Waals surface area contributed by atoms with Gasteiger partial charge in [-0.25, -0.2) is 0 Å². The van der Waals surface area contributed by atoms with E-state index in [0.29, 0.717) is 17.1 Å². The molecular formula is C22H21ClN2O2. The van der Waals surface area contributed by atoms with Crippen molar-refractivity contribution in [2.75, 3.05) is 6.54 Å². The average molecular weight is 381 g/mol. The molecule has 2 amide bonds. The summed E-state index contributed by atoms with van der Waals surface area (Å²) in [6, 6.07) is 27.9. The van der Waals surface area contributed by atoms with Crippen molar-refractivity contribution in [3.05, 3.63) is 107 Å². The van der Waals surface area contributed by atoms with Crippen LogP contribution in [0.1, 0.15) is 15.9 Å². The molecule has 0 radical (unpaired) electrons. The highest BCUT2D eigenvalue weighted by atomic mass is 35.5. The quantitative estimate of drug-likeness (QED) is 0.722. The molecule has 0 heterocycles. The number of primary amides is 1. The number of amides is 2. The molecular weight excluding hydrogens is 360 g/mol. The lowest BCUT2D eigenvalue weighted by Gasteiger charge is -2.21. The molecule has 0 saturated carbocycles. The van der Waals surface area contributed by atoms with Crippen LogP contribution in [0.5, 0.6) is 0 Å². The van der Waals surface area contributed by atoms with E-state index in [0.717, 1.165) is 5.56 Å². The zero-order valence-corrected chi connectivity index (χ0v) is 15.5. The van der Waals surface area contributed by atoms with E-state index in [9.17, 15) is 9.59 Å². The summed E-state index contributed by atoms with van der Waals surface area (Å²) in [4.78, 5) is 25.1. The summed E-state index contributed by atoms with van der Waals surface area (Å²) < 4.78 is 0.